The first-order valence-electron chi connectivity index (χ1n) is 12.0. The highest BCUT2D eigenvalue weighted by molar-refractivity contribution is 5.90. The van der Waals surface area contributed by atoms with Crippen molar-refractivity contribution in [1.82, 2.24) is 10.3 Å². The van der Waals surface area contributed by atoms with Crippen LogP contribution in [0, 0.1) is 0 Å². The monoisotopic (exact) mass is 495 g/mol. The number of nitrogens with zero attached hydrogens (tertiary/aromatic N) is 1. The molecule has 0 spiro atoms. The molecule has 36 heavy (non-hydrogen) atoms. The molecule has 1 atom stereocenters. The molecule has 1 aromatic heterocycles. The summed E-state index contributed by atoms with van der Waals surface area (Å²) in [5.74, 6) is -0.134. The van der Waals surface area contributed by atoms with E-state index in [1.165, 1.54) is 12.5 Å². The number of benzene rings is 2. The topological polar surface area (TPSA) is 115 Å². The van der Waals surface area contributed by atoms with Crippen molar-refractivity contribution in [1.29, 1.82) is 0 Å². The number of carboxylic acid groups (broad SMARTS) is 1. The zero-order chi connectivity index (χ0) is 25.6. The SMILES string of the molecule is COc1cc(NC2(NC(C)(C)CCOc3ccccc3C(=O)O)CCCCO2)ccc1-c1cnco1. The van der Waals surface area contributed by atoms with Crippen LogP contribution in [0.5, 0.6) is 11.5 Å². The maximum Gasteiger partial charge on any atom is 0.339 e. The normalized spacial score (nSPS) is 18.0. The van der Waals surface area contributed by atoms with Crippen LogP contribution >= 0.6 is 0 Å². The molecule has 9 heteroatoms. The number of aromatic nitrogens is 1. The molecule has 1 saturated heterocycles. The quantitative estimate of drug-likeness (QED) is 0.311. The molecule has 1 aliphatic rings. The third-order valence-corrected chi connectivity index (χ3v) is 6.16. The Morgan fingerprint density at radius 2 is 2.03 bits per heavy atom. The largest absolute Gasteiger partial charge is 0.496 e. The van der Waals surface area contributed by atoms with Crippen molar-refractivity contribution >= 4 is 11.7 Å². The lowest BCUT2D eigenvalue weighted by atomic mass is 9.97. The molecule has 9 nitrogen and oxygen atoms in total. The molecule has 2 heterocycles. The number of para-hydroxylation sites is 1. The molecule has 0 aliphatic carbocycles. The van der Waals surface area contributed by atoms with Gasteiger partial charge in [0.25, 0.3) is 0 Å². The summed E-state index contributed by atoms with van der Waals surface area (Å²) in [6.45, 7) is 5.13. The standard InChI is InChI=1S/C27H33N3O6/c1-26(2,13-15-34-22-9-5-4-8-21(22)25(31)32)30-27(12-6-7-14-36-27)29-19-10-11-20(23(16-19)33-3)24-17-28-18-35-24/h4-5,8-11,16-18,29-30H,6-7,12-15H2,1-3H3,(H,31,32). The second kappa shape index (κ2) is 11.0. The number of hydrogen-bond acceptors (Lipinski definition) is 8. The number of aromatic carboxylic acids is 1. The van der Waals surface area contributed by atoms with Crippen molar-refractivity contribution in [2.24, 2.45) is 0 Å². The fourth-order valence-electron chi connectivity index (χ4n) is 4.37. The van der Waals surface area contributed by atoms with Crippen LogP contribution in [0.4, 0.5) is 5.69 Å². The Bertz CT molecular complexity index is 1160. The van der Waals surface area contributed by atoms with Crippen LogP contribution < -0.4 is 20.1 Å². The van der Waals surface area contributed by atoms with Gasteiger partial charge in [-0.05, 0) is 57.4 Å². The minimum Gasteiger partial charge on any atom is -0.496 e. The molecule has 0 saturated carbocycles. The van der Waals surface area contributed by atoms with E-state index in [1.807, 2.05) is 18.2 Å². The molecule has 3 aromatic rings. The minimum atomic E-state index is -1.01. The van der Waals surface area contributed by atoms with Gasteiger partial charge in [-0.1, -0.05) is 12.1 Å². The summed E-state index contributed by atoms with van der Waals surface area (Å²) < 4.78 is 23.2. The number of rotatable bonds is 11. The highest BCUT2D eigenvalue weighted by atomic mass is 16.5. The van der Waals surface area contributed by atoms with Gasteiger partial charge in [-0.25, -0.2) is 9.78 Å². The Kier molecular flexibility index (Phi) is 7.81. The second-order valence-electron chi connectivity index (χ2n) is 9.45. The predicted molar refractivity (Wildman–Crippen MR) is 135 cm³/mol. The average molecular weight is 496 g/mol. The third-order valence-electron chi connectivity index (χ3n) is 6.16. The van der Waals surface area contributed by atoms with Crippen LogP contribution in [0.15, 0.2) is 59.5 Å². The van der Waals surface area contributed by atoms with Crippen molar-refractivity contribution < 1.29 is 28.5 Å². The zero-order valence-corrected chi connectivity index (χ0v) is 20.9. The summed E-state index contributed by atoms with van der Waals surface area (Å²) in [5.41, 5.74) is 1.42. The first-order valence-corrected chi connectivity index (χ1v) is 12.0. The van der Waals surface area contributed by atoms with Gasteiger partial charge in [-0.15, -0.1) is 0 Å². The molecule has 0 amide bonds. The van der Waals surface area contributed by atoms with Crippen LogP contribution in [0.2, 0.25) is 0 Å². The van der Waals surface area contributed by atoms with Gasteiger partial charge in [-0.2, -0.15) is 0 Å². The number of methoxy groups -OCH3 is 1. The summed E-state index contributed by atoms with van der Waals surface area (Å²) in [5, 5.41) is 16.6. The van der Waals surface area contributed by atoms with Crippen LogP contribution in [-0.4, -0.2) is 47.8 Å². The number of carbonyl (C=O) groups is 1. The number of ether oxygens (including phenoxy) is 3. The molecular weight excluding hydrogens is 462 g/mol. The van der Waals surface area contributed by atoms with Crippen molar-refractivity contribution in [2.45, 2.75) is 50.9 Å². The highest BCUT2D eigenvalue weighted by Crippen LogP contribution is 2.35. The van der Waals surface area contributed by atoms with Gasteiger partial charge in [-0.3, -0.25) is 5.32 Å². The van der Waals surface area contributed by atoms with Crippen molar-refractivity contribution in [3.8, 4) is 22.8 Å². The predicted octanol–water partition coefficient (Wildman–Crippen LogP) is 5.15. The lowest BCUT2D eigenvalue weighted by molar-refractivity contribution is -0.0971. The van der Waals surface area contributed by atoms with Crippen LogP contribution in [0.25, 0.3) is 11.3 Å². The van der Waals surface area contributed by atoms with E-state index in [0.717, 1.165) is 30.5 Å². The van der Waals surface area contributed by atoms with Gasteiger partial charge in [0.05, 0.1) is 32.1 Å². The van der Waals surface area contributed by atoms with Crippen molar-refractivity contribution in [3.05, 3.63) is 60.6 Å². The Morgan fingerprint density at radius 3 is 2.72 bits per heavy atom. The van der Waals surface area contributed by atoms with Gasteiger partial charge in [0, 0.05) is 23.7 Å². The maximum atomic E-state index is 11.5. The van der Waals surface area contributed by atoms with E-state index in [0.29, 0.717) is 36.9 Å². The first kappa shape index (κ1) is 25.5. The summed E-state index contributed by atoms with van der Waals surface area (Å²) >= 11 is 0. The molecule has 192 valence electrons. The third kappa shape index (κ3) is 6.16. The lowest BCUT2D eigenvalue weighted by Gasteiger charge is -2.44. The number of carboxylic acids is 1. The Hall–Kier alpha value is -3.56. The van der Waals surface area contributed by atoms with E-state index < -0.39 is 11.8 Å². The number of hydrogen-bond donors (Lipinski definition) is 3. The van der Waals surface area contributed by atoms with Gasteiger partial charge in [0.2, 0.25) is 0 Å². The average Bonchev–Trinajstić information content (AvgIpc) is 3.39. The number of nitrogens with one attached hydrogen (secondary N) is 2. The van der Waals surface area contributed by atoms with Gasteiger partial charge in [0.1, 0.15) is 17.1 Å². The van der Waals surface area contributed by atoms with E-state index in [1.54, 1.807) is 31.5 Å². The van der Waals surface area contributed by atoms with E-state index in [4.69, 9.17) is 18.6 Å². The molecule has 3 N–H and O–H groups in total. The molecule has 0 radical (unpaired) electrons. The molecule has 2 aromatic carbocycles. The van der Waals surface area contributed by atoms with E-state index in [2.05, 4.69) is 29.5 Å². The fourth-order valence-corrected chi connectivity index (χ4v) is 4.37. The van der Waals surface area contributed by atoms with Crippen LogP contribution in [0.3, 0.4) is 0 Å². The molecule has 4 rings (SSSR count). The Morgan fingerprint density at radius 1 is 1.19 bits per heavy atom. The molecule has 1 unspecified atom stereocenters. The summed E-state index contributed by atoms with van der Waals surface area (Å²) in [6.07, 6.45) is 6.44. The molecule has 0 bridgehead atoms. The summed E-state index contributed by atoms with van der Waals surface area (Å²) in [6, 6.07) is 12.5. The van der Waals surface area contributed by atoms with E-state index >= 15 is 0 Å². The summed E-state index contributed by atoms with van der Waals surface area (Å²) in [7, 11) is 1.62. The minimum absolute atomic E-state index is 0.153. The summed E-state index contributed by atoms with van der Waals surface area (Å²) in [4.78, 5) is 15.5. The van der Waals surface area contributed by atoms with Gasteiger partial charge < -0.3 is 29.1 Å². The number of oxazole rings is 1. The molecular formula is C27H33N3O6. The van der Waals surface area contributed by atoms with E-state index in [-0.39, 0.29) is 11.1 Å². The van der Waals surface area contributed by atoms with Gasteiger partial charge in [0.15, 0.2) is 18.0 Å². The second-order valence-corrected chi connectivity index (χ2v) is 9.45. The first-order chi connectivity index (χ1) is 17.3. The molecule has 1 fully saturated rings. The molecule has 1 aliphatic heterocycles. The number of anilines is 1. The Labute approximate surface area is 210 Å². The van der Waals surface area contributed by atoms with Crippen molar-refractivity contribution in [3.63, 3.8) is 0 Å². The Balaban J connectivity index is 1.46. The van der Waals surface area contributed by atoms with Crippen LogP contribution in [0.1, 0.15) is 49.9 Å². The smallest absolute Gasteiger partial charge is 0.339 e. The van der Waals surface area contributed by atoms with Crippen LogP contribution in [-0.2, 0) is 4.74 Å². The maximum absolute atomic E-state index is 11.5. The fraction of sp³-hybridized carbons (Fsp3) is 0.407. The zero-order valence-electron chi connectivity index (χ0n) is 20.9. The lowest BCUT2D eigenvalue weighted by Crippen LogP contribution is -2.62. The van der Waals surface area contributed by atoms with E-state index in [9.17, 15) is 9.90 Å². The van der Waals surface area contributed by atoms with Crippen molar-refractivity contribution in [2.75, 3.05) is 25.6 Å². The highest BCUT2D eigenvalue weighted by Gasteiger charge is 2.38. The van der Waals surface area contributed by atoms with Gasteiger partial charge >= 0.3 is 5.97 Å².